The Kier molecular flexibility index (Phi) is 4.58. The van der Waals surface area contributed by atoms with Crippen molar-refractivity contribution in [3.8, 4) is 0 Å². The molecule has 104 valence electrons. The minimum Gasteiger partial charge on any atom is -0.296 e. The molecule has 0 N–H and O–H groups in total. The van der Waals surface area contributed by atoms with Crippen molar-refractivity contribution in [1.82, 2.24) is 4.90 Å². The van der Waals surface area contributed by atoms with E-state index >= 15 is 0 Å². The molecule has 0 aromatic heterocycles. The quantitative estimate of drug-likeness (QED) is 0.586. The summed E-state index contributed by atoms with van der Waals surface area (Å²) < 4.78 is 0.620. The molecular weight excluding hydrogens is 308 g/mol. The third-order valence-corrected chi connectivity index (χ3v) is 4.21. The van der Waals surface area contributed by atoms with Gasteiger partial charge >= 0.3 is 0 Å². The van der Waals surface area contributed by atoms with Crippen molar-refractivity contribution in [2.45, 2.75) is 39.3 Å². The number of halogens is 1. The standard InChI is InChI=1S/C14H19BrN2O2/c1-10(2)8-16(12-6-7-12)9-11-4-3-5-13(14(11)15)17(18)19/h3-5,10,12H,6-9H2,1-2H3. The Labute approximate surface area is 122 Å². The van der Waals surface area contributed by atoms with E-state index < -0.39 is 0 Å². The largest absolute Gasteiger partial charge is 0.296 e. The summed E-state index contributed by atoms with van der Waals surface area (Å²) in [7, 11) is 0. The van der Waals surface area contributed by atoms with Gasteiger partial charge in [-0.1, -0.05) is 26.0 Å². The summed E-state index contributed by atoms with van der Waals surface area (Å²) in [5.74, 6) is 0.609. The van der Waals surface area contributed by atoms with E-state index in [0.29, 0.717) is 16.4 Å². The van der Waals surface area contributed by atoms with Gasteiger partial charge in [0.25, 0.3) is 5.69 Å². The second kappa shape index (κ2) is 6.01. The minimum absolute atomic E-state index is 0.151. The second-order valence-electron chi connectivity index (χ2n) is 5.56. The van der Waals surface area contributed by atoms with E-state index in [1.807, 2.05) is 6.07 Å². The maximum Gasteiger partial charge on any atom is 0.283 e. The van der Waals surface area contributed by atoms with Crippen molar-refractivity contribution in [3.63, 3.8) is 0 Å². The topological polar surface area (TPSA) is 46.4 Å². The molecule has 0 unspecified atom stereocenters. The molecule has 0 heterocycles. The van der Waals surface area contributed by atoms with Crippen LogP contribution in [0, 0.1) is 16.0 Å². The Hall–Kier alpha value is -0.940. The zero-order chi connectivity index (χ0) is 14.0. The van der Waals surface area contributed by atoms with Gasteiger partial charge in [-0.25, -0.2) is 0 Å². The van der Waals surface area contributed by atoms with Crippen LogP contribution in [0.15, 0.2) is 22.7 Å². The highest BCUT2D eigenvalue weighted by molar-refractivity contribution is 9.10. The molecule has 0 spiro atoms. The second-order valence-corrected chi connectivity index (χ2v) is 6.35. The van der Waals surface area contributed by atoms with E-state index in [0.717, 1.165) is 18.7 Å². The maximum atomic E-state index is 10.9. The van der Waals surface area contributed by atoms with Gasteiger partial charge in [0.1, 0.15) is 0 Å². The zero-order valence-corrected chi connectivity index (χ0v) is 12.9. The molecule has 0 aliphatic heterocycles. The summed E-state index contributed by atoms with van der Waals surface area (Å²) >= 11 is 3.38. The van der Waals surface area contributed by atoms with Gasteiger partial charge in [-0.3, -0.25) is 15.0 Å². The molecule has 0 bridgehead atoms. The molecular formula is C14H19BrN2O2. The van der Waals surface area contributed by atoms with Gasteiger partial charge in [-0.05, 0) is 40.3 Å². The van der Waals surface area contributed by atoms with Crippen molar-refractivity contribution in [1.29, 1.82) is 0 Å². The number of rotatable bonds is 6. The molecule has 1 fully saturated rings. The fourth-order valence-corrected chi connectivity index (χ4v) is 2.83. The number of hydrogen-bond donors (Lipinski definition) is 0. The molecule has 0 radical (unpaired) electrons. The van der Waals surface area contributed by atoms with E-state index in [-0.39, 0.29) is 10.6 Å². The van der Waals surface area contributed by atoms with Crippen molar-refractivity contribution < 1.29 is 4.92 Å². The fraction of sp³-hybridized carbons (Fsp3) is 0.571. The van der Waals surface area contributed by atoms with Crippen LogP contribution in [0.4, 0.5) is 5.69 Å². The van der Waals surface area contributed by atoms with Crippen LogP contribution >= 0.6 is 15.9 Å². The minimum atomic E-state index is -0.336. The molecule has 1 aliphatic carbocycles. The molecule has 1 aromatic rings. The summed E-state index contributed by atoms with van der Waals surface area (Å²) in [5, 5.41) is 10.9. The number of nitro benzene ring substituents is 1. The van der Waals surface area contributed by atoms with Crippen LogP contribution in [-0.4, -0.2) is 22.4 Å². The molecule has 4 nitrogen and oxygen atoms in total. The van der Waals surface area contributed by atoms with E-state index in [4.69, 9.17) is 0 Å². The summed E-state index contributed by atoms with van der Waals surface area (Å²) in [6, 6.07) is 5.93. The van der Waals surface area contributed by atoms with Crippen LogP contribution < -0.4 is 0 Å². The first-order valence-electron chi connectivity index (χ1n) is 6.65. The Bertz CT molecular complexity index is 473. The number of benzene rings is 1. The molecule has 1 aromatic carbocycles. The van der Waals surface area contributed by atoms with Gasteiger partial charge in [0.15, 0.2) is 0 Å². The lowest BCUT2D eigenvalue weighted by Crippen LogP contribution is -2.29. The zero-order valence-electron chi connectivity index (χ0n) is 11.3. The number of nitrogens with zero attached hydrogens (tertiary/aromatic N) is 2. The maximum absolute atomic E-state index is 10.9. The van der Waals surface area contributed by atoms with Crippen LogP contribution in [0.3, 0.4) is 0 Å². The van der Waals surface area contributed by atoms with E-state index in [2.05, 4.69) is 34.7 Å². The summed E-state index contributed by atoms with van der Waals surface area (Å²) in [6.45, 7) is 6.24. The molecule has 5 heteroatoms. The predicted octanol–water partition coefficient (Wildman–Crippen LogP) is 3.98. The third kappa shape index (κ3) is 3.76. The molecule has 0 saturated heterocycles. The lowest BCUT2D eigenvalue weighted by Gasteiger charge is -2.24. The van der Waals surface area contributed by atoms with Crippen molar-refractivity contribution in [2.75, 3.05) is 6.54 Å². The number of nitro groups is 1. The average Bonchev–Trinajstić information content (AvgIpc) is 3.13. The van der Waals surface area contributed by atoms with Crippen LogP contribution in [0.25, 0.3) is 0 Å². The highest BCUT2D eigenvalue weighted by Gasteiger charge is 2.30. The molecule has 1 aliphatic rings. The third-order valence-electron chi connectivity index (χ3n) is 3.29. The van der Waals surface area contributed by atoms with Gasteiger partial charge in [-0.15, -0.1) is 0 Å². The van der Waals surface area contributed by atoms with Gasteiger partial charge in [0.05, 0.1) is 9.40 Å². The molecule has 19 heavy (non-hydrogen) atoms. The fourth-order valence-electron chi connectivity index (χ4n) is 2.30. The average molecular weight is 327 g/mol. The van der Waals surface area contributed by atoms with Crippen LogP contribution in [-0.2, 0) is 6.54 Å². The van der Waals surface area contributed by atoms with Crippen LogP contribution in [0.5, 0.6) is 0 Å². The van der Waals surface area contributed by atoms with Gasteiger partial charge in [0.2, 0.25) is 0 Å². The van der Waals surface area contributed by atoms with E-state index in [1.165, 1.54) is 18.9 Å². The van der Waals surface area contributed by atoms with Crippen molar-refractivity contribution in [3.05, 3.63) is 38.3 Å². The normalized spacial score (nSPS) is 15.2. The monoisotopic (exact) mass is 326 g/mol. The Morgan fingerprint density at radius 2 is 2.16 bits per heavy atom. The first-order valence-corrected chi connectivity index (χ1v) is 7.44. The Balaban J connectivity index is 2.17. The highest BCUT2D eigenvalue weighted by atomic mass is 79.9. The van der Waals surface area contributed by atoms with E-state index in [1.54, 1.807) is 6.07 Å². The van der Waals surface area contributed by atoms with Gasteiger partial charge in [0, 0.05) is 25.2 Å². The Morgan fingerprint density at radius 3 is 2.68 bits per heavy atom. The first kappa shape index (κ1) is 14.5. The molecule has 1 saturated carbocycles. The predicted molar refractivity (Wildman–Crippen MR) is 79.1 cm³/mol. The highest BCUT2D eigenvalue weighted by Crippen LogP contribution is 2.33. The van der Waals surface area contributed by atoms with Crippen molar-refractivity contribution >= 4 is 21.6 Å². The summed E-state index contributed by atoms with van der Waals surface area (Å²) in [6.07, 6.45) is 2.50. The first-order chi connectivity index (χ1) is 8.99. The molecule has 2 rings (SSSR count). The van der Waals surface area contributed by atoms with Crippen LogP contribution in [0.2, 0.25) is 0 Å². The van der Waals surface area contributed by atoms with Crippen molar-refractivity contribution in [2.24, 2.45) is 5.92 Å². The summed E-state index contributed by atoms with van der Waals surface area (Å²) in [5.41, 5.74) is 1.15. The van der Waals surface area contributed by atoms with Gasteiger partial charge in [-0.2, -0.15) is 0 Å². The van der Waals surface area contributed by atoms with E-state index in [9.17, 15) is 10.1 Å². The lowest BCUT2D eigenvalue weighted by molar-refractivity contribution is -0.385. The molecule has 0 atom stereocenters. The van der Waals surface area contributed by atoms with Crippen LogP contribution in [0.1, 0.15) is 32.3 Å². The SMILES string of the molecule is CC(C)CN(Cc1cccc([N+](=O)[O-])c1Br)C1CC1. The molecule has 0 amide bonds. The number of hydrogen-bond acceptors (Lipinski definition) is 3. The lowest BCUT2D eigenvalue weighted by atomic mass is 10.1. The summed E-state index contributed by atoms with van der Waals surface area (Å²) in [4.78, 5) is 13.0. The van der Waals surface area contributed by atoms with Gasteiger partial charge < -0.3 is 0 Å². The smallest absolute Gasteiger partial charge is 0.283 e. The Morgan fingerprint density at radius 1 is 1.47 bits per heavy atom.